The van der Waals surface area contributed by atoms with Crippen molar-refractivity contribution >= 4 is 65.4 Å². The minimum absolute atomic E-state index is 0.637. The van der Waals surface area contributed by atoms with Gasteiger partial charge in [-0.15, -0.1) is 0 Å². The average molecular weight is 822 g/mol. The highest BCUT2D eigenvalue weighted by molar-refractivity contribution is 6.22. The second-order valence-electron chi connectivity index (χ2n) is 16.4. The van der Waals surface area contributed by atoms with Gasteiger partial charge in [0, 0.05) is 39.3 Å². The van der Waals surface area contributed by atoms with E-state index in [4.69, 9.17) is 9.97 Å². The molecule has 5 nitrogen and oxygen atoms in total. The number of hydrogen-bond acceptors (Lipinski definition) is 2. The SMILES string of the molecule is CC/C=C\C=C/Cc1nc(-n2c3ccc(-c4ccc5c(c4)c4ccccc4n5-c4ccccc4)cc3c3c4ccccc4ccc32)nc2cc(-c3ccccc3)n(-c3ccccc3)c12. The molecule has 4 aromatic heterocycles. The molecule has 0 saturated heterocycles. The van der Waals surface area contributed by atoms with Crippen molar-refractivity contribution in [2.24, 2.45) is 0 Å². The van der Waals surface area contributed by atoms with Gasteiger partial charge < -0.3 is 9.13 Å². The number of aromatic nitrogens is 5. The van der Waals surface area contributed by atoms with E-state index in [9.17, 15) is 0 Å². The van der Waals surface area contributed by atoms with E-state index in [1.54, 1.807) is 0 Å². The zero-order valence-electron chi connectivity index (χ0n) is 35.4. The molecule has 0 aliphatic rings. The van der Waals surface area contributed by atoms with Crippen molar-refractivity contribution in [2.45, 2.75) is 19.8 Å². The summed E-state index contributed by atoms with van der Waals surface area (Å²) >= 11 is 0. The van der Waals surface area contributed by atoms with Crippen LogP contribution in [0.25, 0.3) is 105 Å². The van der Waals surface area contributed by atoms with Gasteiger partial charge in [0.1, 0.15) is 0 Å². The molecular formula is C59H43N5. The van der Waals surface area contributed by atoms with Crippen LogP contribution >= 0.6 is 0 Å². The standard InChI is InChI=1S/C59H43N5/c1-2-3-4-5-15-29-50-58-51(39-56(41-21-9-6-10-22-41)63(58)45-25-13-8-14-26-45)61-59(60-50)64-54-35-33-43(38-49(54)57-46-27-17-16-20-40(46)31-36-55(57)64)42-32-34-53-48(37-42)47-28-18-19-30-52(47)62(53)44-23-11-7-12-24-44/h3-28,30-39H,2,29H2,1H3/b4-3-,15-5-. The van der Waals surface area contributed by atoms with Crippen molar-refractivity contribution in [1.29, 1.82) is 0 Å². The third kappa shape index (κ3) is 6.16. The van der Waals surface area contributed by atoms with Crippen LogP contribution in [0.1, 0.15) is 19.0 Å². The highest BCUT2D eigenvalue weighted by atomic mass is 15.2. The fourth-order valence-electron chi connectivity index (χ4n) is 9.74. The number of nitrogens with zero attached hydrogens (tertiary/aromatic N) is 5. The second kappa shape index (κ2) is 15.6. The maximum Gasteiger partial charge on any atom is 0.235 e. The first-order valence-electron chi connectivity index (χ1n) is 22.1. The summed E-state index contributed by atoms with van der Waals surface area (Å²) in [5, 5.41) is 7.23. The fourth-order valence-corrected chi connectivity index (χ4v) is 9.74. The summed E-state index contributed by atoms with van der Waals surface area (Å²) in [5.41, 5.74) is 14.2. The smallest absolute Gasteiger partial charge is 0.235 e. The van der Waals surface area contributed by atoms with Gasteiger partial charge in [-0.2, -0.15) is 0 Å². The van der Waals surface area contributed by atoms with Crippen LogP contribution in [0.2, 0.25) is 0 Å². The van der Waals surface area contributed by atoms with Crippen LogP contribution in [0.4, 0.5) is 0 Å². The largest absolute Gasteiger partial charge is 0.309 e. The van der Waals surface area contributed by atoms with E-state index < -0.39 is 0 Å². The van der Waals surface area contributed by atoms with Crippen LogP contribution in [0.5, 0.6) is 0 Å². The summed E-state index contributed by atoms with van der Waals surface area (Å²) in [4.78, 5) is 11.1. The van der Waals surface area contributed by atoms with E-state index in [2.05, 4.69) is 239 Å². The van der Waals surface area contributed by atoms with Gasteiger partial charge in [-0.1, -0.05) is 159 Å². The molecule has 5 heteroatoms. The third-order valence-corrected chi connectivity index (χ3v) is 12.6. The van der Waals surface area contributed by atoms with Crippen molar-refractivity contribution in [1.82, 2.24) is 23.7 Å². The van der Waals surface area contributed by atoms with E-state index in [-0.39, 0.29) is 0 Å². The van der Waals surface area contributed by atoms with Crippen LogP contribution in [0.15, 0.2) is 218 Å². The molecule has 0 saturated carbocycles. The Kier molecular flexibility index (Phi) is 9.12. The predicted molar refractivity (Wildman–Crippen MR) is 268 cm³/mol. The molecule has 0 N–H and O–H groups in total. The minimum atomic E-state index is 0.637. The summed E-state index contributed by atoms with van der Waals surface area (Å²) in [6, 6.07) is 69.8. The van der Waals surface area contributed by atoms with Gasteiger partial charge in [0.2, 0.25) is 5.95 Å². The lowest BCUT2D eigenvalue weighted by molar-refractivity contribution is 0.960. The number of allylic oxidation sites excluding steroid dienone is 4. The molecule has 304 valence electrons. The lowest BCUT2D eigenvalue weighted by Crippen LogP contribution is -2.07. The molecule has 8 aromatic carbocycles. The highest BCUT2D eigenvalue weighted by Crippen LogP contribution is 2.41. The molecule has 12 rings (SSSR count). The van der Waals surface area contributed by atoms with E-state index in [0.29, 0.717) is 12.4 Å². The number of benzene rings is 8. The molecule has 0 bridgehead atoms. The molecule has 0 atom stereocenters. The van der Waals surface area contributed by atoms with Crippen molar-refractivity contribution in [3.63, 3.8) is 0 Å². The zero-order valence-corrected chi connectivity index (χ0v) is 35.4. The van der Waals surface area contributed by atoms with E-state index in [1.165, 1.54) is 43.5 Å². The van der Waals surface area contributed by atoms with Gasteiger partial charge in [-0.3, -0.25) is 4.57 Å². The number of rotatable bonds is 9. The monoisotopic (exact) mass is 821 g/mol. The number of para-hydroxylation sites is 3. The molecule has 0 aliphatic carbocycles. The maximum atomic E-state index is 5.56. The van der Waals surface area contributed by atoms with Crippen LogP contribution in [0, 0.1) is 0 Å². The Bertz CT molecular complexity index is 3770. The topological polar surface area (TPSA) is 40.6 Å². The molecule has 64 heavy (non-hydrogen) atoms. The predicted octanol–water partition coefficient (Wildman–Crippen LogP) is 15.2. The summed E-state index contributed by atoms with van der Waals surface area (Å²) in [6.07, 6.45) is 10.3. The van der Waals surface area contributed by atoms with Crippen molar-refractivity contribution in [3.05, 3.63) is 224 Å². The van der Waals surface area contributed by atoms with Crippen molar-refractivity contribution in [3.8, 4) is 39.7 Å². The first-order chi connectivity index (χ1) is 31.7. The van der Waals surface area contributed by atoms with Gasteiger partial charge in [-0.05, 0) is 101 Å². The van der Waals surface area contributed by atoms with Gasteiger partial charge in [0.05, 0.1) is 44.5 Å². The van der Waals surface area contributed by atoms with E-state index in [1.807, 2.05) is 0 Å². The normalized spacial score (nSPS) is 12.1. The molecular weight excluding hydrogens is 779 g/mol. The maximum absolute atomic E-state index is 5.56. The first-order valence-corrected chi connectivity index (χ1v) is 22.1. The first kappa shape index (κ1) is 37.5. The quantitative estimate of drug-likeness (QED) is 0.136. The van der Waals surface area contributed by atoms with Crippen LogP contribution < -0.4 is 0 Å². The molecule has 0 aliphatic heterocycles. The van der Waals surface area contributed by atoms with Crippen molar-refractivity contribution in [2.75, 3.05) is 0 Å². The molecule has 0 spiro atoms. The van der Waals surface area contributed by atoms with E-state index >= 15 is 0 Å². The van der Waals surface area contributed by atoms with Crippen LogP contribution in [0.3, 0.4) is 0 Å². The number of hydrogen-bond donors (Lipinski definition) is 0. The summed E-state index contributed by atoms with van der Waals surface area (Å²) in [5.74, 6) is 0.656. The molecule has 12 aromatic rings. The van der Waals surface area contributed by atoms with Crippen molar-refractivity contribution < 1.29 is 0 Å². The van der Waals surface area contributed by atoms with Gasteiger partial charge in [-0.25, -0.2) is 9.97 Å². The summed E-state index contributed by atoms with van der Waals surface area (Å²) in [7, 11) is 0. The van der Waals surface area contributed by atoms with Crippen LogP contribution in [-0.4, -0.2) is 23.7 Å². The molecule has 0 radical (unpaired) electrons. The molecule has 0 fully saturated rings. The second-order valence-corrected chi connectivity index (χ2v) is 16.4. The third-order valence-electron chi connectivity index (χ3n) is 12.6. The van der Waals surface area contributed by atoms with Gasteiger partial charge >= 0.3 is 0 Å². The average Bonchev–Trinajstić information content (AvgIpc) is 4.02. The fraction of sp³-hybridized carbons (Fsp3) is 0.0508. The Morgan fingerprint density at radius 3 is 1.78 bits per heavy atom. The van der Waals surface area contributed by atoms with E-state index in [0.717, 1.165) is 67.8 Å². The van der Waals surface area contributed by atoms with Gasteiger partial charge in [0.25, 0.3) is 0 Å². The number of fused-ring (bicyclic) bond motifs is 9. The lowest BCUT2D eigenvalue weighted by atomic mass is 9.99. The molecule has 0 unspecified atom stereocenters. The van der Waals surface area contributed by atoms with Gasteiger partial charge in [0.15, 0.2) is 0 Å². The summed E-state index contributed by atoms with van der Waals surface area (Å²) < 4.78 is 6.99. The zero-order chi connectivity index (χ0) is 42.6. The van der Waals surface area contributed by atoms with Crippen LogP contribution in [-0.2, 0) is 6.42 Å². The minimum Gasteiger partial charge on any atom is -0.309 e. The Labute approximate surface area is 371 Å². The molecule has 4 heterocycles. The Balaban J connectivity index is 1.10. The Morgan fingerprint density at radius 2 is 1.03 bits per heavy atom. The highest BCUT2D eigenvalue weighted by Gasteiger charge is 2.23. The molecule has 0 amide bonds. The summed E-state index contributed by atoms with van der Waals surface area (Å²) in [6.45, 7) is 2.16. The lowest BCUT2D eigenvalue weighted by Gasteiger charge is -2.14. The Hall–Kier alpha value is -8.28. The Morgan fingerprint density at radius 1 is 0.438 bits per heavy atom.